The SMILES string of the molecule is CCOC(=O)C(Cc1cccc(C(F)(F)F)c1)C(O)c1ccc(F)cc1. The first-order valence-corrected chi connectivity index (χ1v) is 7.98. The summed E-state index contributed by atoms with van der Waals surface area (Å²) < 4.78 is 56.6. The summed E-state index contributed by atoms with van der Waals surface area (Å²) in [6.07, 6.45) is -6.00. The quantitative estimate of drug-likeness (QED) is 0.609. The first-order valence-electron chi connectivity index (χ1n) is 7.98. The summed E-state index contributed by atoms with van der Waals surface area (Å²) in [4.78, 5) is 12.2. The lowest BCUT2D eigenvalue weighted by molar-refractivity contribution is -0.152. The van der Waals surface area contributed by atoms with Crippen molar-refractivity contribution in [1.29, 1.82) is 0 Å². The zero-order valence-electron chi connectivity index (χ0n) is 14.0. The highest BCUT2D eigenvalue weighted by Crippen LogP contribution is 2.32. The Balaban J connectivity index is 2.30. The fourth-order valence-corrected chi connectivity index (χ4v) is 2.59. The lowest BCUT2D eigenvalue weighted by atomic mass is 9.89. The van der Waals surface area contributed by atoms with Crippen molar-refractivity contribution in [3.8, 4) is 0 Å². The van der Waals surface area contributed by atoms with Gasteiger partial charge in [-0.25, -0.2) is 4.39 Å². The van der Waals surface area contributed by atoms with E-state index >= 15 is 0 Å². The summed E-state index contributed by atoms with van der Waals surface area (Å²) in [6, 6.07) is 9.44. The molecule has 3 nitrogen and oxygen atoms in total. The van der Waals surface area contributed by atoms with Crippen LogP contribution in [0.25, 0.3) is 0 Å². The molecule has 0 aliphatic carbocycles. The predicted molar refractivity (Wildman–Crippen MR) is 86.6 cm³/mol. The van der Waals surface area contributed by atoms with Crippen molar-refractivity contribution in [2.24, 2.45) is 5.92 Å². The Hall–Kier alpha value is -2.41. The number of aliphatic hydroxyl groups excluding tert-OH is 1. The van der Waals surface area contributed by atoms with Crippen LogP contribution in [0.3, 0.4) is 0 Å². The Morgan fingerprint density at radius 2 is 1.81 bits per heavy atom. The number of hydrogen-bond donors (Lipinski definition) is 1. The number of alkyl halides is 3. The number of halogens is 4. The third kappa shape index (κ3) is 5.05. The number of carbonyl (C=O) groups is 1. The summed E-state index contributed by atoms with van der Waals surface area (Å²) in [5.74, 6) is -2.36. The van der Waals surface area contributed by atoms with E-state index in [2.05, 4.69) is 0 Å². The molecule has 2 rings (SSSR count). The van der Waals surface area contributed by atoms with Gasteiger partial charge in [-0.05, 0) is 42.7 Å². The van der Waals surface area contributed by atoms with Crippen LogP contribution in [0.15, 0.2) is 48.5 Å². The average molecular weight is 370 g/mol. The van der Waals surface area contributed by atoms with Gasteiger partial charge in [0, 0.05) is 0 Å². The number of benzene rings is 2. The Bertz CT molecular complexity index is 741. The first-order chi connectivity index (χ1) is 12.2. The van der Waals surface area contributed by atoms with E-state index in [1.807, 2.05) is 0 Å². The van der Waals surface area contributed by atoms with E-state index in [1.54, 1.807) is 6.92 Å². The highest BCUT2D eigenvalue weighted by molar-refractivity contribution is 5.74. The van der Waals surface area contributed by atoms with Gasteiger partial charge in [0.05, 0.1) is 24.2 Å². The molecule has 26 heavy (non-hydrogen) atoms. The minimum Gasteiger partial charge on any atom is -0.466 e. The minimum atomic E-state index is -4.51. The zero-order chi connectivity index (χ0) is 19.3. The molecule has 0 aliphatic rings. The van der Waals surface area contributed by atoms with Crippen molar-refractivity contribution < 1.29 is 32.2 Å². The van der Waals surface area contributed by atoms with Crippen molar-refractivity contribution in [2.75, 3.05) is 6.61 Å². The lowest BCUT2D eigenvalue weighted by Crippen LogP contribution is -2.27. The van der Waals surface area contributed by atoms with Gasteiger partial charge >= 0.3 is 12.1 Å². The molecule has 2 atom stereocenters. The molecule has 2 unspecified atom stereocenters. The van der Waals surface area contributed by atoms with Crippen molar-refractivity contribution in [2.45, 2.75) is 25.6 Å². The largest absolute Gasteiger partial charge is 0.466 e. The molecule has 0 saturated heterocycles. The van der Waals surface area contributed by atoms with Crippen LogP contribution < -0.4 is 0 Å². The number of carbonyl (C=O) groups excluding carboxylic acids is 1. The molecule has 140 valence electrons. The summed E-state index contributed by atoms with van der Waals surface area (Å²) in [7, 11) is 0. The number of rotatable bonds is 6. The van der Waals surface area contributed by atoms with Crippen LogP contribution in [0.4, 0.5) is 17.6 Å². The fraction of sp³-hybridized carbons (Fsp3) is 0.316. The van der Waals surface area contributed by atoms with Crippen LogP contribution in [-0.2, 0) is 22.1 Å². The van der Waals surface area contributed by atoms with Gasteiger partial charge in [-0.3, -0.25) is 4.79 Å². The molecule has 0 heterocycles. The van der Waals surface area contributed by atoms with Crippen LogP contribution in [0.5, 0.6) is 0 Å². The van der Waals surface area contributed by atoms with Gasteiger partial charge in [0.2, 0.25) is 0 Å². The monoisotopic (exact) mass is 370 g/mol. The molecule has 0 spiro atoms. The molecular weight excluding hydrogens is 352 g/mol. The molecule has 7 heteroatoms. The van der Waals surface area contributed by atoms with Gasteiger partial charge in [0.1, 0.15) is 5.82 Å². The summed E-state index contributed by atoms with van der Waals surface area (Å²) >= 11 is 0. The van der Waals surface area contributed by atoms with E-state index in [0.717, 1.165) is 24.3 Å². The molecule has 1 N–H and O–H groups in total. The van der Waals surface area contributed by atoms with Crippen LogP contribution in [0.1, 0.15) is 29.7 Å². The van der Waals surface area contributed by atoms with Crippen LogP contribution in [0, 0.1) is 11.7 Å². The van der Waals surface area contributed by atoms with Gasteiger partial charge in [-0.1, -0.05) is 30.3 Å². The van der Waals surface area contributed by atoms with Crippen LogP contribution >= 0.6 is 0 Å². The third-order valence-corrected chi connectivity index (χ3v) is 3.89. The van der Waals surface area contributed by atoms with Crippen LogP contribution in [0.2, 0.25) is 0 Å². The normalized spacial score (nSPS) is 13.9. The number of hydrogen-bond acceptors (Lipinski definition) is 3. The van der Waals surface area contributed by atoms with E-state index in [1.165, 1.54) is 24.3 Å². The Kier molecular flexibility index (Phi) is 6.37. The maximum atomic E-state index is 13.1. The maximum absolute atomic E-state index is 13.1. The maximum Gasteiger partial charge on any atom is 0.416 e. The molecule has 0 amide bonds. The molecule has 0 aliphatic heterocycles. The van der Waals surface area contributed by atoms with Crippen LogP contribution in [-0.4, -0.2) is 17.7 Å². The second-order valence-electron chi connectivity index (χ2n) is 5.76. The second kappa shape index (κ2) is 8.31. The van der Waals surface area contributed by atoms with Gasteiger partial charge in [0.15, 0.2) is 0 Å². The Labute approximate surface area is 148 Å². The minimum absolute atomic E-state index is 0.0636. The standard InChI is InChI=1S/C19H18F4O3/c1-2-26-18(25)16(17(24)13-6-8-15(20)9-7-13)11-12-4-3-5-14(10-12)19(21,22)23/h3-10,16-17,24H,2,11H2,1H3. The van der Waals surface area contributed by atoms with E-state index in [0.29, 0.717) is 0 Å². The van der Waals surface area contributed by atoms with Gasteiger partial charge in [-0.15, -0.1) is 0 Å². The number of esters is 1. The summed E-state index contributed by atoms with van der Waals surface area (Å²) in [6.45, 7) is 1.65. The molecule has 0 saturated carbocycles. The highest BCUT2D eigenvalue weighted by atomic mass is 19.4. The fourth-order valence-electron chi connectivity index (χ4n) is 2.59. The third-order valence-electron chi connectivity index (χ3n) is 3.89. The zero-order valence-corrected chi connectivity index (χ0v) is 14.0. The number of aliphatic hydroxyl groups is 1. The van der Waals surface area contributed by atoms with E-state index < -0.39 is 35.5 Å². The molecule has 0 fully saturated rings. The molecule has 0 bridgehead atoms. The first kappa shape index (κ1) is 19.9. The lowest BCUT2D eigenvalue weighted by Gasteiger charge is -2.22. The Morgan fingerprint density at radius 1 is 1.15 bits per heavy atom. The predicted octanol–water partition coefficient (Wildman–Crippen LogP) is 4.30. The van der Waals surface area contributed by atoms with Crippen molar-refractivity contribution in [3.05, 3.63) is 71.0 Å². The summed E-state index contributed by atoms with van der Waals surface area (Å²) in [5, 5.41) is 10.5. The highest BCUT2D eigenvalue weighted by Gasteiger charge is 2.33. The van der Waals surface area contributed by atoms with Crippen molar-refractivity contribution in [1.82, 2.24) is 0 Å². The second-order valence-corrected chi connectivity index (χ2v) is 5.76. The Morgan fingerprint density at radius 3 is 2.38 bits per heavy atom. The van der Waals surface area contributed by atoms with Gasteiger partial charge < -0.3 is 9.84 Å². The molecule has 2 aromatic carbocycles. The van der Waals surface area contributed by atoms with Gasteiger partial charge in [-0.2, -0.15) is 13.2 Å². The number of ether oxygens (including phenoxy) is 1. The van der Waals surface area contributed by atoms with E-state index in [4.69, 9.17) is 4.74 Å². The molecular formula is C19H18F4O3. The molecule has 2 aromatic rings. The van der Waals surface area contributed by atoms with E-state index in [-0.39, 0.29) is 24.2 Å². The average Bonchev–Trinajstić information content (AvgIpc) is 2.59. The van der Waals surface area contributed by atoms with E-state index in [9.17, 15) is 27.5 Å². The molecule has 0 radical (unpaired) electrons. The van der Waals surface area contributed by atoms with Crippen molar-refractivity contribution in [3.63, 3.8) is 0 Å². The molecule has 0 aromatic heterocycles. The smallest absolute Gasteiger partial charge is 0.416 e. The van der Waals surface area contributed by atoms with Crippen molar-refractivity contribution >= 4 is 5.97 Å². The topological polar surface area (TPSA) is 46.5 Å². The van der Waals surface area contributed by atoms with Gasteiger partial charge in [0.25, 0.3) is 0 Å². The summed E-state index contributed by atoms with van der Waals surface area (Å²) in [5.41, 5.74) is -0.329.